The number of carbonyl (C=O) groups excluding carboxylic acids is 1. The Kier molecular flexibility index (Phi) is 7.07. The molecule has 1 fully saturated rings. The predicted octanol–water partition coefficient (Wildman–Crippen LogP) is 2.61. The first kappa shape index (κ1) is 17.5. The molecule has 1 aromatic rings. The molecule has 5 heteroatoms. The number of carbonyl (C=O) groups is 1. The van der Waals surface area contributed by atoms with Crippen molar-refractivity contribution in [3.63, 3.8) is 0 Å². The monoisotopic (exact) mass is 317 g/mol. The van der Waals surface area contributed by atoms with Crippen molar-refractivity contribution in [3.8, 4) is 5.75 Å². The highest BCUT2D eigenvalue weighted by Crippen LogP contribution is 2.12. The maximum atomic E-state index is 11.8. The van der Waals surface area contributed by atoms with Gasteiger partial charge in [0, 0.05) is 31.6 Å². The average molecular weight is 317 g/mol. The van der Waals surface area contributed by atoms with E-state index in [1.54, 1.807) is 0 Å². The molecule has 0 aromatic heterocycles. The van der Waals surface area contributed by atoms with E-state index in [1.807, 2.05) is 24.3 Å². The number of nitrogens with zero attached hydrogens (tertiary/aromatic N) is 2. The van der Waals surface area contributed by atoms with E-state index in [1.165, 1.54) is 12.0 Å². The number of rotatable bonds is 7. The first-order chi connectivity index (χ1) is 11.2. The Hall–Kier alpha value is -1.88. The quantitative estimate of drug-likeness (QED) is 0.787. The van der Waals surface area contributed by atoms with Crippen LogP contribution in [0, 0.1) is 0 Å². The van der Waals surface area contributed by atoms with Crippen LogP contribution < -0.4 is 10.2 Å². The van der Waals surface area contributed by atoms with E-state index in [2.05, 4.69) is 29.3 Å². The Balaban J connectivity index is 1.69. The number of likely N-dealkylation sites (tertiary alicyclic amines) is 1. The zero-order chi connectivity index (χ0) is 16.5. The maximum absolute atomic E-state index is 11.8. The van der Waals surface area contributed by atoms with Gasteiger partial charge < -0.3 is 9.64 Å². The highest BCUT2D eigenvalue weighted by Gasteiger charge is 2.14. The fraction of sp³-hybridized carbons (Fsp3) is 0.556. The molecule has 1 aromatic carbocycles. The van der Waals surface area contributed by atoms with Gasteiger partial charge in [-0.15, -0.1) is 0 Å². The van der Waals surface area contributed by atoms with Crippen molar-refractivity contribution >= 4 is 11.6 Å². The van der Waals surface area contributed by atoms with Crippen molar-refractivity contribution in [2.24, 2.45) is 5.10 Å². The minimum atomic E-state index is -0.215. The molecule has 0 radical (unpaired) electrons. The minimum Gasteiger partial charge on any atom is -0.484 e. The molecule has 1 N–H and O–H groups in total. The minimum absolute atomic E-state index is 0.00971. The van der Waals surface area contributed by atoms with Crippen LogP contribution in [0.1, 0.15) is 38.7 Å². The second-order valence-electron chi connectivity index (χ2n) is 5.84. The fourth-order valence-corrected chi connectivity index (χ4v) is 2.61. The largest absolute Gasteiger partial charge is 0.484 e. The van der Waals surface area contributed by atoms with E-state index >= 15 is 0 Å². The van der Waals surface area contributed by atoms with Gasteiger partial charge >= 0.3 is 0 Å². The third kappa shape index (κ3) is 6.02. The Labute approximate surface area is 138 Å². The fourth-order valence-electron chi connectivity index (χ4n) is 2.61. The Morgan fingerprint density at radius 2 is 1.91 bits per heavy atom. The van der Waals surface area contributed by atoms with Crippen LogP contribution in [0.2, 0.25) is 0 Å². The summed E-state index contributed by atoms with van der Waals surface area (Å²) in [6.45, 7) is 7.50. The van der Waals surface area contributed by atoms with Gasteiger partial charge in [0.15, 0.2) is 6.61 Å². The summed E-state index contributed by atoms with van der Waals surface area (Å²) < 4.78 is 5.47. The van der Waals surface area contributed by atoms with E-state index in [0.29, 0.717) is 5.75 Å². The van der Waals surface area contributed by atoms with Crippen molar-refractivity contribution in [2.75, 3.05) is 26.2 Å². The molecule has 2 rings (SSSR count). The number of ether oxygens (including phenoxy) is 1. The lowest BCUT2D eigenvalue weighted by atomic mass is 10.1. The first-order valence-corrected chi connectivity index (χ1v) is 8.49. The smallest absolute Gasteiger partial charge is 0.277 e. The molecular weight excluding hydrogens is 290 g/mol. The zero-order valence-electron chi connectivity index (χ0n) is 14.2. The second-order valence-corrected chi connectivity index (χ2v) is 5.84. The molecule has 0 atom stereocenters. The molecule has 1 amide bonds. The second kappa shape index (κ2) is 9.30. The van der Waals surface area contributed by atoms with E-state index in [-0.39, 0.29) is 12.5 Å². The normalized spacial score (nSPS) is 15.3. The predicted molar refractivity (Wildman–Crippen MR) is 92.9 cm³/mol. The van der Waals surface area contributed by atoms with Crippen LogP contribution in [0.25, 0.3) is 0 Å². The Morgan fingerprint density at radius 1 is 1.22 bits per heavy atom. The van der Waals surface area contributed by atoms with Gasteiger partial charge in [0.25, 0.3) is 5.91 Å². The molecule has 0 saturated carbocycles. The van der Waals surface area contributed by atoms with E-state index in [0.717, 1.165) is 44.6 Å². The summed E-state index contributed by atoms with van der Waals surface area (Å²) in [5, 5.41) is 4.23. The third-order valence-corrected chi connectivity index (χ3v) is 4.01. The van der Waals surface area contributed by atoms with Gasteiger partial charge in [-0.3, -0.25) is 4.79 Å². The topological polar surface area (TPSA) is 53.9 Å². The van der Waals surface area contributed by atoms with Crippen molar-refractivity contribution in [3.05, 3.63) is 29.8 Å². The number of hydrazone groups is 1. The number of hydrogen-bond acceptors (Lipinski definition) is 4. The number of hydrogen-bond donors (Lipinski definition) is 1. The van der Waals surface area contributed by atoms with Crippen molar-refractivity contribution in [2.45, 2.75) is 39.5 Å². The summed E-state index contributed by atoms with van der Waals surface area (Å²) >= 11 is 0. The van der Waals surface area contributed by atoms with Crippen molar-refractivity contribution in [1.29, 1.82) is 0 Å². The van der Waals surface area contributed by atoms with Crippen LogP contribution in [0.5, 0.6) is 5.75 Å². The van der Waals surface area contributed by atoms with Gasteiger partial charge in [0.1, 0.15) is 5.75 Å². The van der Waals surface area contributed by atoms with Crippen LogP contribution in [0.4, 0.5) is 0 Å². The molecule has 0 unspecified atom stereocenters. The molecule has 23 heavy (non-hydrogen) atoms. The highest BCUT2D eigenvalue weighted by molar-refractivity contribution is 5.87. The number of piperidine rings is 1. The van der Waals surface area contributed by atoms with Crippen molar-refractivity contribution < 1.29 is 9.53 Å². The van der Waals surface area contributed by atoms with Crippen LogP contribution >= 0.6 is 0 Å². The summed E-state index contributed by atoms with van der Waals surface area (Å²) in [6.07, 6.45) is 4.03. The number of amides is 1. The van der Waals surface area contributed by atoms with E-state index in [9.17, 15) is 4.79 Å². The summed E-state index contributed by atoms with van der Waals surface area (Å²) in [5.41, 5.74) is 4.92. The Bertz CT molecular complexity index is 516. The first-order valence-electron chi connectivity index (χ1n) is 8.49. The number of aryl methyl sites for hydroxylation is 1. The van der Waals surface area contributed by atoms with Gasteiger partial charge in [-0.2, -0.15) is 5.10 Å². The van der Waals surface area contributed by atoms with Gasteiger partial charge in [-0.1, -0.05) is 26.0 Å². The van der Waals surface area contributed by atoms with Gasteiger partial charge in [0.2, 0.25) is 0 Å². The summed E-state index contributed by atoms with van der Waals surface area (Å²) in [4.78, 5) is 14.2. The van der Waals surface area contributed by atoms with Gasteiger partial charge in [0.05, 0.1) is 0 Å². The molecule has 1 heterocycles. The number of benzene rings is 1. The van der Waals surface area contributed by atoms with Crippen LogP contribution in [-0.4, -0.2) is 42.8 Å². The molecule has 0 aliphatic carbocycles. The van der Waals surface area contributed by atoms with Gasteiger partial charge in [-0.25, -0.2) is 5.43 Å². The summed E-state index contributed by atoms with van der Waals surface area (Å²) in [6, 6.07) is 7.80. The summed E-state index contributed by atoms with van der Waals surface area (Å²) in [5.74, 6) is 0.492. The molecule has 1 saturated heterocycles. The summed E-state index contributed by atoms with van der Waals surface area (Å²) in [7, 11) is 0. The van der Waals surface area contributed by atoms with E-state index < -0.39 is 0 Å². The van der Waals surface area contributed by atoms with Crippen LogP contribution in [0.15, 0.2) is 29.4 Å². The lowest BCUT2D eigenvalue weighted by molar-refractivity contribution is -0.123. The lowest BCUT2D eigenvalue weighted by Crippen LogP contribution is -2.35. The lowest BCUT2D eigenvalue weighted by Gasteiger charge is -2.26. The molecule has 126 valence electrons. The Morgan fingerprint density at radius 3 is 2.52 bits per heavy atom. The standard InChI is InChI=1S/C18H27N3O2/c1-3-11-21-12-9-16(10-13-21)19-20-18(22)14-23-17-7-5-15(4-2)6-8-17/h5-8H,3-4,9-14H2,1-2H3,(H,20,22). The van der Waals surface area contributed by atoms with Gasteiger partial charge in [-0.05, 0) is 37.1 Å². The maximum Gasteiger partial charge on any atom is 0.277 e. The molecule has 0 bridgehead atoms. The molecule has 5 nitrogen and oxygen atoms in total. The third-order valence-electron chi connectivity index (χ3n) is 4.01. The number of nitrogens with one attached hydrogen (secondary N) is 1. The highest BCUT2D eigenvalue weighted by atomic mass is 16.5. The molecule has 0 spiro atoms. The molecule has 1 aliphatic heterocycles. The molecule has 1 aliphatic rings. The van der Waals surface area contributed by atoms with Crippen molar-refractivity contribution in [1.82, 2.24) is 10.3 Å². The average Bonchev–Trinajstić information content (AvgIpc) is 2.60. The zero-order valence-corrected chi connectivity index (χ0v) is 14.2. The van der Waals surface area contributed by atoms with Crippen LogP contribution in [0.3, 0.4) is 0 Å². The van der Waals surface area contributed by atoms with E-state index in [4.69, 9.17) is 4.74 Å². The molecular formula is C18H27N3O2. The van der Waals surface area contributed by atoms with Crippen LogP contribution in [-0.2, 0) is 11.2 Å². The SMILES string of the molecule is CCCN1CCC(=NNC(=O)COc2ccc(CC)cc2)CC1.